The SMILES string of the molecule is CC(c1c(Br)cccc1Br)C(CCN)c1ccccc1. The summed E-state index contributed by atoms with van der Waals surface area (Å²) >= 11 is 7.36. The minimum absolute atomic E-state index is 0.394. The number of hydrogen-bond donors (Lipinski definition) is 1. The zero-order valence-corrected chi connectivity index (χ0v) is 14.7. The van der Waals surface area contributed by atoms with Crippen LogP contribution in [0.3, 0.4) is 0 Å². The molecule has 1 nitrogen and oxygen atoms in total. The Kier molecular flexibility index (Phi) is 5.82. The second kappa shape index (κ2) is 7.39. The monoisotopic (exact) mass is 395 g/mol. The van der Waals surface area contributed by atoms with E-state index in [-0.39, 0.29) is 0 Å². The highest BCUT2D eigenvalue weighted by Crippen LogP contribution is 2.41. The van der Waals surface area contributed by atoms with E-state index in [1.54, 1.807) is 0 Å². The third-order valence-corrected chi connectivity index (χ3v) is 5.15. The quantitative estimate of drug-likeness (QED) is 0.714. The van der Waals surface area contributed by atoms with E-state index in [0.717, 1.165) is 15.4 Å². The number of hydrogen-bond acceptors (Lipinski definition) is 1. The van der Waals surface area contributed by atoms with Crippen molar-refractivity contribution in [3.8, 4) is 0 Å². The standard InChI is InChI=1S/C17H19Br2N/c1-12(17-15(18)8-5-9-16(17)19)14(10-11-20)13-6-3-2-4-7-13/h2-9,12,14H,10-11,20H2,1H3. The maximum atomic E-state index is 5.84. The van der Waals surface area contributed by atoms with Crippen molar-refractivity contribution >= 4 is 31.9 Å². The first-order valence-electron chi connectivity index (χ1n) is 6.84. The van der Waals surface area contributed by atoms with Gasteiger partial charge in [0.2, 0.25) is 0 Å². The van der Waals surface area contributed by atoms with E-state index < -0.39 is 0 Å². The summed E-state index contributed by atoms with van der Waals surface area (Å²) in [5.41, 5.74) is 8.50. The number of halogens is 2. The molecule has 2 N–H and O–H groups in total. The fourth-order valence-electron chi connectivity index (χ4n) is 2.73. The minimum Gasteiger partial charge on any atom is -0.330 e. The van der Waals surface area contributed by atoms with Crippen LogP contribution in [0.2, 0.25) is 0 Å². The van der Waals surface area contributed by atoms with Crippen LogP contribution >= 0.6 is 31.9 Å². The lowest BCUT2D eigenvalue weighted by molar-refractivity contribution is 0.539. The van der Waals surface area contributed by atoms with Gasteiger partial charge in [0.25, 0.3) is 0 Å². The van der Waals surface area contributed by atoms with Gasteiger partial charge in [-0.2, -0.15) is 0 Å². The summed E-state index contributed by atoms with van der Waals surface area (Å²) in [6.45, 7) is 2.98. The molecule has 3 heteroatoms. The van der Waals surface area contributed by atoms with Crippen LogP contribution in [0, 0.1) is 0 Å². The largest absolute Gasteiger partial charge is 0.330 e. The first-order valence-corrected chi connectivity index (χ1v) is 8.42. The van der Waals surface area contributed by atoms with E-state index in [2.05, 4.69) is 81.2 Å². The molecule has 2 atom stereocenters. The third kappa shape index (κ3) is 3.51. The summed E-state index contributed by atoms with van der Waals surface area (Å²) in [6, 6.07) is 16.9. The van der Waals surface area contributed by atoms with Crippen molar-refractivity contribution in [3.05, 3.63) is 68.6 Å². The van der Waals surface area contributed by atoms with E-state index in [1.807, 2.05) is 6.07 Å². The van der Waals surface area contributed by atoms with E-state index in [0.29, 0.717) is 18.4 Å². The Labute approximate surface area is 137 Å². The van der Waals surface area contributed by atoms with Crippen molar-refractivity contribution in [1.82, 2.24) is 0 Å². The van der Waals surface area contributed by atoms with Crippen molar-refractivity contribution in [3.63, 3.8) is 0 Å². The summed E-state index contributed by atoms with van der Waals surface area (Å²) in [5, 5.41) is 0. The topological polar surface area (TPSA) is 26.0 Å². The Morgan fingerprint density at radius 2 is 1.55 bits per heavy atom. The second-order valence-electron chi connectivity index (χ2n) is 5.02. The zero-order chi connectivity index (χ0) is 14.5. The molecule has 0 aliphatic carbocycles. The Morgan fingerprint density at radius 1 is 0.950 bits per heavy atom. The van der Waals surface area contributed by atoms with Crippen molar-refractivity contribution in [2.75, 3.05) is 6.54 Å². The smallest absolute Gasteiger partial charge is 0.0221 e. The highest BCUT2D eigenvalue weighted by molar-refractivity contribution is 9.11. The van der Waals surface area contributed by atoms with Crippen LogP contribution in [0.4, 0.5) is 0 Å². The summed E-state index contributed by atoms with van der Waals surface area (Å²) in [4.78, 5) is 0. The van der Waals surface area contributed by atoms with Gasteiger partial charge in [-0.3, -0.25) is 0 Å². The van der Waals surface area contributed by atoms with Crippen molar-refractivity contribution in [2.24, 2.45) is 5.73 Å². The Balaban J connectivity index is 2.39. The number of nitrogens with two attached hydrogens (primary N) is 1. The lowest BCUT2D eigenvalue weighted by Gasteiger charge is -2.26. The molecule has 0 fully saturated rings. The van der Waals surface area contributed by atoms with Crippen LogP contribution in [-0.2, 0) is 0 Å². The normalized spacial score (nSPS) is 14.0. The molecular formula is C17H19Br2N. The molecule has 0 saturated carbocycles. The van der Waals surface area contributed by atoms with Crippen molar-refractivity contribution in [2.45, 2.75) is 25.2 Å². The van der Waals surface area contributed by atoms with Gasteiger partial charge >= 0.3 is 0 Å². The van der Waals surface area contributed by atoms with E-state index >= 15 is 0 Å². The average molecular weight is 397 g/mol. The third-order valence-electron chi connectivity index (χ3n) is 3.76. The maximum Gasteiger partial charge on any atom is 0.0221 e. The van der Waals surface area contributed by atoms with Gasteiger partial charge in [0, 0.05) is 8.95 Å². The van der Waals surface area contributed by atoms with Crippen LogP contribution < -0.4 is 5.73 Å². The van der Waals surface area contributed by atoms with Gasteiger partial charge in [0.15, 0.2) is 0 Å². The number of benzene rings is 2. The Bertz CT molecular complexity index is 534. The average Bonchev–Trinajstić information content (AvgIpc) is 2.45. The lowest BCUT2D eigenvalue weighted by atomic mass is 9.80. The molecule has 0 aliphatic rings. The van der Waals surface area contributed by atoms with Crippen LogP contribution in [0.1, 0.15) is 36.3 Å². The molecular weight excluding hydrogens is 378 g/mol. The van der Waals surface area contributed by atoms with Gasteiger partial charge < -0.3 is 5.73 Å². The van der Waals surface area contributed by atoms with Crippen LogP contribution in [0.15, 0.2) is 57.5 Å². The minimum atomic E-state index is 0.394. The lowest BCUT2D eigenvalue weighted by Crippen LogP contribution is -2.14. The predicted molar refractivity (Wildman–Crippen MR) is 93.1 cm³/mol. The molecule has 0 radical (unpaired) electrons. The highest BCUT2D eigenvalue weighted by atomic mass is 79.9. The van der Waals surface area contributed by atoms with Gasteiger partial charge in [0.1, 0.15) is 0 Å². The van der Waals surface area contributed by atoms with Gasteiger partial charge in [-0.1, -0.05) is 75.2 Å². The maximum absolute atomic E-state index is 5.84. The van der Waals surface area contributed by atoms with E-state index in [9.17, 15) is 0 Å². The first kappa shape index (κ1) is 15.7. The fraction of sp³-hybridized carbons (Fsp3) is 0.294. The van der Waals surface area contributed by atoms with Crippen LogP contribution in [-0.4, -0.2) is 6.54 Å². The summed E-state index contributed by atoms with van der Waals surface area (Å²) in [5.74, 6) is 0.821. The fourth-order valence-corrected chi connectivity index (χ4v) is 4.45. The van der Waals surface area contributed by atoms with Gasteiger partial charge in [0.05, 0.1) is 0 Å². The van der Waals surface area contributed by atoms with Crippen LogP contribution in [0.25, 0.3) is 0 Å². The molecule has 2 rings (SSSR count). The molecule has 0 heterocycles. The Hall–Kier alpha value is -0.640. The second-order valence-corrected chi connectivity index (χ2v) is 6.73. The molecule has 0 amide bonds. The molecule has 2 aromatic rings. The highest BCUT2D eigenvalue weighted by Gasteiger charge is 2.23. The molecule has 0 spiro atoms. The van der Waals surface area contributed by atoms with Crippen molar-refractivity contribution < 1.29 is 0 Å². The molecule has 106 valence electrons. The summed E-state index contributed by atoms with van der Waals surface area (Å²) in [6.07, 6.45) is 0.985. The first-order chi connectivity index (χ1) is 9.65. The van der Waals surface area contributed by atoms with Crippen LogP contribution in [0.5, 0.6) is 0 Å². The van der Waals surface area contributed by atoms with Gasteiger partial charge in [-0.25, -0.2) is 0 Å². The molecule has 20 heavy (non-hydrogen) atoms. The molecule has 0 bridgehead atoms. The molecule has 0 aliphatic heterocycles. The summed E-state index contributed by atoms with van der Waals surface area (Å²) < 4.78 is 2.30. The van der Waals surface area contributed by atoms with Gasteiger partial charge in [-0.05, 0) is 48.1 Å². The molecule has 0 saturated heterocycles. The van der Waals surface area contributed by atoms with Crippen molar-refractivity contribution in [1.29, 1.82) is 0 Å². The van der Waals surface area contributed by atoms with Gasteiger partial charge in [-0.15, -0.1) is 0 Å². The summed E-state index contributed by atoms with van der Waals surface area (Å²) in [7, 11) is 0. The predicted octanol–water partition coefficient (Wildman–Crippen LogP) is 5.45. The number of rotatable bonds is 5. The molecule has 2 unspecified atom stereocenters. The molecule has 0 aromatic heterocycles. The Morgan fingerprint density at radius 3 is 2.10 bits per heavy atom. The molecule has 2 aromatic carbocycles. The zero-order valence-electron chi connectivity index (χ0n) is 11.5. The van der Waals surface area contributed by atoms with E-state index in [4.69, 9.17) is 5.73 Å². The van der Waals surface area contributed by atoms with E-state index in [1.165, 1.54) is 11.1 Å².